The van der Waals surface area contributed by atoms with Gasteiger partial charge in [0.05, 0.1) is 6.61 Å². The third-order valence-electron chi connectivity index (χ3n) is 2.39. The molecule has 0 saturated heterocycles. The van der Waals surface area contributed by atoms with Crippen molar-refractivity contribution in [3.63, 3.8) is 0 Å². The van der Waals surface area contributed by atoms with E-state index >= 15 is 0 Å². The molecular weight excluding hydrogens is 254 g/mol. The molecular formula is C11H13N3O3S. The summed E-state index contributed by atoms with van der Waals surface area (Å²) >= 11 is 1.33. The molecule has 2 aromatic heterocycles. The van der Waals surface area contributed by atoms with Crippen LogP contribution in [0, 0.1) is 6.92 Å². The van der Waals surface area contributed by atoms with E-state index in [4.69, 9.17) is 4.74 Å². The number of hydrogen-bond donors (Lipinski definition) is 1. The number of nitrogens with zero attached hydrogens (tertiary/aromatic N) is 2. The van der Waals surface area contributed by atoms with Crippen molar-refractivity contribution in [1.82, 2.24) is 14.6 Å². The van der Waals surface area contributed by atoms with Gasteiger partial charge in [-0.05, 0) is 20.1 Å². The lowest BCUT2D eigenvalue weighted by Crippen LogP contribution is -2.15. The first kappa shape index (κ1) is 12.7. The Labute approximate surface area is 107 Å². The Morgan fingerprint density at radius 2 is 2.33 bits per heavy atom. The van der Waals surface area contributed by atoms with Crippen LogP contribution in [0.3, 0.4) is 0 Å². The van der Waals surface area contributed by atoms with E-state index < -0.39 is 5.97 Å². The van der Waals surface area contributed by atoms with E-state index in [1.165, 1.54) is 22.3 Å². The van der Waals surface area contributed by atoms with Gasteiger partial charge in [-0.2, -0.15) is 4.52 Å². The number of esters is 1. The van der Waals surface area contributed by atoms with Crippen molar-refractivity contribution in [2.24, 2.45) is 0 Å². The van der Waals surface area contributed by atoms with E-state index in [1.807, 2.05) is 6.26 Å². The summed E-state index contributed by atoms with van der Waals surface area (Å²) in [6, 6.07) is 1.41. The van der Waals surface area contributed by atoms with Crippen molar-refractivity contribution in [2.75, 3.05) is 12.9 Å². The number of ether oxygens (including phenoxy) is 1. The fraction of sp³-hybridized carbons (Fsp3) is 0.364. The van der Waals surface area contributed by atoms with Gasteiger partial charge in [0.15, 0.2) is 5.65 Å². The van der Waals surface area contributed by atoms with Crippen molar-refractivity contribution < 1.29 is 9.53 Å². The molecule has 7 heteroatoms. The van der Waals surface area contributed by atoms with Gasteiger partial charge in [-0.3, -0.25) is 9.89 Å². The Balaban J connectivity index is 2.76. The largest absolute Gasteiger partial charge is 0.462 e. The highest BCUT2D eigenvalue weighted by Crippen LogP contribution is 2.22. The van der Waals surface area contributed by atoms with Crippen molar-refractivity contribution in [3.8, 4) is 0 Å². The molecule has 0 saturated carbocycles. The Kier molecular flexibility index (Phi) is 3.42. The number of aromatic nitrogens is 3. The molecule has 0 radical (unpaired) electrons. The Morgan fingerprint density at radius 3 is 2.94 bits per heavy atom. The molecule has 0 spiro atoms. The molecule has 96 valence electrons. The Bertz CT molecular complexity index is 659. The molecule has 0 bridgehead atoms. The van der Waals surface area contributed by atoms with E-state index in [0.717, 1.165) is 0 Å². The molecule has 0 amide bonds. The lowest BCUT2D eigenvalue weighted by Gasteiger charge is -2.01. The molecule has 18 heavy (non-hydrogen) atoms. The van der Waals surface area contributed by atoms with E-state index in [9.17, 15) is 9.59 Å². The van der Waals surface area contributed by atoms with Crippen LogP contribution in [0.15, 0.2) is 15.9 Å². The van der Waals surface area contributed by atoms with Crippen molar-refractivity contribution in [1.29, 1.82) is 0 Å². The van der Waals surface area contributed by atoms with Gasteiger partial charge in [-0.15, -0.1) is 11.8 Å². The lowest BCUT2D eigenvalue weighted by atomic mass is 10.3. The lowest BCUT2D eigenvalue weighted by molar-refractivity contribution is 0.0524. The van der Waals surface area contributed by atoms with Crippen LogP contribution < -0.4 is 5.56 Å². The second-order valence-electron chi connectivity index (χ2n) is 3.64. The van der Waals surface area contributed by atoms with Gasteiger partial charge in [-0.1, -0.05) is 0 Å². The number of aryl methyl sites for hydroxylation is 1. The standard InChI is InChI=1S/C11H13N3O3S/c1-4-17-11(16)8-9-12-6(2)5-7(15)14(9)13-10(8)18-3/h5,13H,4H2,1-3H3. The minimum atomic E-state index is -0.474. The molecule has 0 aromatic carbocycles. The topological polar surface area (TPSA) is 76.5 Å². The average Bonchev–Trinajstić information content (AvgIpc) is 2.68. The minimum Gasteiger partial charge on any atom is -0.462 e. The van der Waals surface area contributed by atoms with Crippen LogP contribution in [-0.2, 0) is 4.74 Å². The SMILES string of the molecule is CCOC(=O)c1c(SC)[nH]n2c(=O)cc(C)nc12. The fourth-order valence-electron chi connectivity index (χ4n) is 1.67. The number of fused-ring (bicyclic) bond motifs is 1. The van der Waals surface area contributed by atoms with Crippen molar-refractivity contribution in [3.05, 3.63) is 27.7 Å². The molecule has 0 aliphatic heterocycles. The first-order valence-corrected chi connectivity index (χ1v) is 6.64. The summed E-state index contributed by atoms with van der Waals surface area (Å²) < 4.78 is 6.24. The number of carbonyl (C=O) groups is 1. The number of thioether (sulfide) groups is 1. The normalized spacial score (nSPS) is 10.8. The molecule has 0 atom stereocenters. The van der Waals surface area contributed by atoms with Crippen LogP contribution in [0.5, 0.6) is 0 Å². The van der Waals surface area contributed by atoms with Crippen molar-refractivity contribution >= 4 is 23.4 Å². The van der Waals surface area contributed by atoms with Gasteiger partial charge in [0, 0.05) is 11.8 Å². The maximum absolute atomic E-state index is 11.9. The zero-order valence-corrected chi connectivity index (χ0v) is 11.1. The summed E-state index contributed by atoms with van der Waals surface area (Å²) in [4.78, 5) is 27.9. The van der Waals surface area contributed by atoms with Crippen molar-refractivity contribution in [2.45, 2.75) is 18.9 Å². The van der Waals surface area contributed by atoms with E-state index in [2.05, 4.69) is 10.1 Å². The fourth-order valence-corrected chi connectivity index (χ4v) is 2.23. The zero-order valence-electron chi connectivity index (χ0n) is 10.3. The van der Waals surface area contributed by atoms with Crippen LogP contribution in [0.25, 0.3) is 5.65 Å². The quantitative estimate of drug-likeness (QED) is 0.668. The number of nitrogens with one attached hydrogen (secondary N) is 1. The van der Waals surface area contributed by atoms with E-state index in [0.29, 0.717) is 21.9 Å². The van der Waals surface area contributed by atoms with Crippen LogP contribution in [0.2, 0.25) is 0 Å². The molecule has 2 rings (SSSR count). The van der Waals surface area contributed by atoms with Crippen LogP contribution in [0.1, 0.15) is 23.0 Å². The molecule has 6 nitrogen and oxygen atoms in total. The molecule has 0 aliphatic carbocycles. The third kappa shape index (κ3) is 2.01. The molecule has 0 unspecified atom stereocenters. The first-order chi connectivity index (χ1) is 8.58. The van der Waals surface area contributed by atoms with Crippen LogP contribution >= 0.6 is 11.8 Å². The number of rotatable bonds is 3. The van der Waals surface area contributed by atoms with E-state index in [1.54, 1.807) is 13.8 Å². The van der Waals surface area contributed by atoms with Gasteiger partial charge in [0.2, 0.25) is 0 Å². The molecule has 2 heterocycles. The maximum Gasteiger partial charge on any atom is 0.344 e. The summed E-state index contributed by atoms with van der Waals surface area (Å²) in [5.41, 5.74) is 0.938. The zero-order chi connectivity index (χ0) is 13.3. The maximum atomic E-state index is 11.9. The number of aromatic amines is 1. The summed E-state index contributed by atoms with van der Waals surface area (Å²) in [5, 5.41) is 3.43. The van der Waals surface area contributed by atoms with E-state index in [-0.39, 0.29) is 12.2 Å². The highest BCUT2D eigenvalue weighted by atomic mass is 32.2. The summed E-state index contributed by atoms with van der Waals surface area (Å²) in [5.74, 6) is -0.474. The summed E-state index contributed by atoms with van der Waals surface area (Å²) in [6.45, 7) is 3.72. The Morgan fingerprint density at radius 1 is 1.61 bits per heavy atom. The van der Waals surface area contributed by atoms with Gasteiger partial charge in [0.25, 0.3) is 5.56 Å². The van der Waals surface area contributed by atoms with Crippen LogP contribution in [-0.4, -0.2) is 33.4 Å². The monoisotopic (exact) mass is 267 g/mol. The highest BCUT2D eigenvalue weighted by Gasteiger charge is 2.21. The smallest absolute Gasteiger partial charge is 0.344 e. The molecule has 0 fully saturated rings. The molecule has 0 aliphatic rings. The number of H-pyrrole nitrogens is 1. The second kappa shape index (κ2) is 4.85. The van der Waals surface area contributed by atoms with Crippen LogP contribution in [0.4, 0.5) is 0 Å². The third-order valence-corrected chi connectivity index (χ3v) is 3.10. The number of hydrogen-bond acceptors (Lipinski definition) is 5. The van der Waals surface area contributed by atoms with Gasteiger partial charge in [0.1, 0.15) is 10.6 Å². The molecule has 1 N–H and O–H groups in total. The van der Waals surface area contributed by atoms with Gasteiger partial charge in [-0.25, -0.2) is 9.78 Å². The van der Waals surface area contributed by atoms with Gasteiger partial charge < -0.3 is 4.74 Å². The average molecular weight is 267 g/mol. The summed E-state index contributed by atoms with van der Waals surface area (Å²) in [6.07, 6.45) is 1.81. The highest BCUT2D eigenvalue weighted by molar-refractivity contribution is 7.98. The number of carbonyl (C=O) groups excluding carboxylic acids is 1. The first-order valence-electron chi connectivity index (χ1n) is 5.42. The minimum absolute atomic E-state index is 0.247. The predicted octanol–water partition coefficient (Wildman–Crippen LogP) is 1.23. The predicted molar refractivity (Wildman–Crippen MR) is 68.3 cm³/mol. The Hall–Kier alpha value is -1.76. The van der Waals surface area contributed by atoms with Gasteiger partial charge >= 0.3 is 5.97 Å². The molecule has 2 aromatic rings. The second-order valence-corrected chi connectivity index (χ2v) is 4.45. The summed E-state index contributed by atoms with van der Waals surface area (Å²) in [7, 11) is 0.